The average Bonchev–Trinajstić information content (AvgIpc) is 3.56. The van der Waals surface area contributed by atoms with Crippen molar-refractivity contribution in [2.75, 3.05) is 32.1 Å². The van der Waals surface area contributed by atoms with Crippen molar-refractivity contribution < 1.29 is 75.7 Å². The average molecular weight is 782 g/mol. The lowest BCUT2D eigenvalue weighted by atomic mass is 9.87. The van der Waals surface area contributed by atoms with E-state index in [0.29, 0.717) is 12.3 Å². The van der Waals surface area contributed by atoms with Crippen molar-refractivity contribution in [1.29, 1.82) is 0 Å². The zero-order valence-corrected chi connectivity index (χ0v) is 29.1. The van der Waals surface area contributed by atoms with Crippen LogP contribution in [0.3, 0.4) is 0 Å². The Balaban J connectivity index is 1.62. The third kappa shape index (κ3) is 11.6. The second kappa shape index (κ2) is 16.8. The van der Waals surface area contributed by atoms with E-state index in [4.69, 9.17) is 9.26 Å². The van der Waals surface area contributed by atoms with Gasteiger partial charge in [-0.15, -0.1) is 4.91 Å². The van der Waals surface area contributed by atoms with Gasteiger partial charge in [-0.25, -0.2) is 28.6 Å². The summed E-state index contributed by atoms with van der Waals surface area (Å²) in [6, 6.07) is 0. The SMILES string of the molecule is CC(C)(COP(=O)(O)OP(=O)(O)OC[C@H]1O[C@@H](n2cnc3c(N=O)ncnc32)[C@H](O)[C@@H]1OP(=O)(O)O)[C@@H](O)C(=O)NCCC(=O)NCCS. The normalized spacial score (nSPS) is 23.0. The van der Waals surface area contributed by atoms with Crippen LogP contribution in [0.2, 0.25) is 0 Å². The maximum absolute atomic E-state index is 12.6. The Morgan fingerprint density at radius 2 is 1.78 bits per heavy atom. The molecule has 0 radical (unpaired) electrons. The predicted molar refractivity (Wildman–Crippen MR) is 165 cm³/mol. The topological polar surface area (TPSA) is 350 Å². The fraction of sp³-hybridized carbons (Fsp3) is 0.667. The summed E-state index contributed by atoms with van der Waals surface area (Å²) in [7, 11) is -16.4. The first-order chi connectivity index (χ1) is 22.7. The van der Waals surface area contributed by atoms with E-state index in [-0.39, 0.29) is 35.9 Å². The predicted octanol–water partition coefficient (Wildman–Crippen LogP) is -0.850. The van der Waals surface area contributed by atoms with Crippen molar-refractivity contribution >= 4 is 64.9 Å². The van der Waals surface area contributed by atoms with E-state index in [9.17, 15) is 58.0 Å². The van der Waals surface area contributed by atoms with Gasteiger partial charge in [0.2, 0.25) is 17.6 Å². The quantitative estimate of drug-likeness (QED) is 0.0476. The molecule has 1 aliphatic rings. The number of phosphoric acid groups is 3. The summed E-state index contributed by atoms with van der Waals surface area (Å²) in [5, 5.41) is 28.8. The third-order valence-electron chi connectivity index (χ3n) is 6.55. The number of thiol groups is 1. The summed E-state index contributed by atoms with van der Waals surface area (Å²) >= 11 is 3.94. The number of aliphatic hydroxyl groups excluding tert-OH is 2. The summed E-state index contributed by atoms with van der Waals surface area (Å²) in [4.78, 5) is 85.4. The zero-order chi connectivity index (χ0) is 36.8. The Kier molecular flexibility index (Phi) is 14.1. The summed E-state index contributed by atoms with van der Waals surface area (Å²) in [6.07, 6.45) is -7.26. The van der Waals surface area contributed by atoms with Gasteiger partial charge in [-0.3, -0.25) is 27.7 Å². The van der Waals surface area contributed by atoms with E-state index in [1.165, 1.54) is 13.8 Å². The van der Waals surface area contributed by atoms with Crippen molar-refractivity contribution in [3.8, 4) is 0 Å². The van der Waals surface area contributed by atoms with Gasteiger partial charge in [0, 0.05) is 30.7 Å². The number of nitroso groups, excluding NO2 is 1. The number of imidazole rings is 1. The number of hydrogen-bond donors (Lipinski definition) is 9. The van der Waals surface area contributed by atoms with Crippen LogP contribution in [0, 0.1) is 10.3 Å². The summed E-state index contributed by atoms with van der Waals surface area (Å²) in [5.74, 6) is -1.31. The molecule has 49 heavy (non-hydrogen) atoms. The lowest BCUT2D eigenvalue weighted by Crippen LogP contribution is -2.46. The van der Waals surface area contributed by atoms with Gasteiger partial charge in [-0.2, -0.15) is 16.9 Å². The minimum Gasteiger partial charge on any atom is -0.386 e. The molecule has 28 heteroatoms. The van der Waals surface area contributed by atoms with Crippen molar-refractivity contribution in [3.05, 3.63) is 17.6 Å². The number of aromatic nitrogens is 4. The number of amides is 2. The van der Waals surface area contributed by atoms with Crippen LogP contribution < -0.4 is 10.6 Å². The molecule has 7 atom stereocenters. The first kappa shape index (κ1) is 41.1. The Bertz CT molecular complexity index is 1640. The molecule has 0 aromatic carbocycles. The fourth-order valence-corrected chi connectivity index (χ4v) is 7.11. The van der Waals surface area contributed by atoms with Crippen molar-refractivity contribution in [2.24, 2.45) is 10.6 Å². The molecule has 3 heterocycles. The first-order valence-corrected chi connectivity index (χ1v) is 18.9. The number of aliphatic hydroxyl groups is 2. The number of hydrogen-bond acceptors (Lipinski definition) is 18. The first-order valence-electron chi connectivity index (χ1n) is 13.8. The van der Waals surface area contributed by atoms with Crippen LogP contribution in [0.5, 0.6) is 0 Å². The zero-order valence-electron chi connectivity index (χ0n) is 25.5. The molecular weight excluding hydrogens is 747 g/mol. The smallest absolute Gasteiger partial charge is 0.386 e. The molecule has 2 unspecified atom stereocenters. The summed E-state index contributed by atoms with van der Waals surface area (Å²) < 4.78 is 61.5. The molecule has 1 aliphatic heterocycles. The van der Waals surface area contributed by atoms with Gasteiger partial charge in [0.1, 0.15) is 30.7 Å². The Hall–Kier alpha value is -2.31. The number of carbonyl (C=O) groups excluding carboxylic acids is 2. The molecule has 3 rings (SSSR count). The number of ether oxygens (including phenoxy) is 1. The van der Waals surface area contributed by atoms with Gasteiger partial charge in [-0.05, 0) is 5.18 Å². The van der Waals surface area contributed by atoms with Crippen molar-refractivity contribution in [2.45, 2.75) is 50.9 Å². The highest BCUT2D eigenvalue weighted by molar-refractivity contribution is 7.80. The number of rotatable bonds is 19. The van der Waals surface area contributed by atoms with Gasteiger partial charge in [0.15, 0.2) is 17.4 Å². The minimum absolute atomic E-state index is 0.109. The lowest BCUT2D eigenvalue weighted by molar-refractivity contribution is -0.137. The lowest BCUT2D eigenvalue weighted by Gasteiger charge is -2.30. The Morgan fingerprint density at radius 3 is 2.41 bits per heavy atom. The molecular formula is C21H34N7O17P3S. The summed E-state index contributed by atoms with van der Waals surface area (Å²) in [6.45, 7) is 0.623. The van der Waals surface area contributed by atoms with Crippen LogP contribution in [0.25, 0.3) is 11.2 Å². The van der Waals surface area contributed by atoms with Crippen molar-refractivity contribution in [1.82, 2.24) is 30.2 Å². The van der Waals surface area contributed by atoms with E-state index in [1.807, 2.05) is 0 Å². The number of carbonyl (C=O) groups is 2. The highest BCUT2D eigenvalue weighted by atomic mass is 32.1. The molecule has 8 N–H and O–H groups in total. The molecule has 24 nitrogen and oxygen atoms in total. The maximum atomic E-state index is 12.6. The number of nitrogens with zero attached hydrogens (tertiary/aromatic N) is 5. The highest BCUT2D eigenvalue weighted by Gasteiger charge is 2.50. The van der Waals surface area contributed by atoms with Gasteiger partial charge in [0.25, 0.3) is 0 Å². The van der Waals surface area contributed by atoms with Gasteiger partial charge < -0.3 is 45.2 Å². The monoisotopic (exact) mass is 781 g/mol. The molecule has 1 fully saturated rings. The molecule has 1 saturated heterocycles. The van der Waals surface area contributed by atoms with Crippen molar-refractivity contribution in [3.63, 3.8) is 0 Å². The summed E-state index contributed by atoms with van der Waals surface area (Å²) in [5.41, 5.74) is -1.84. The van der Waals surface area contributed by atoms with E-state index in [1.54, 1.807) is 0 Å². The molecule has 0 aliphatic carbocycles. The second-order valence-corrected chi connectivity index (χ2v) is 15.5. The van der Waals surface area contributed by atoms with Gasteiger partial charge in [-0.1, -0.05) is 13.8 Å². The minimum atomic E-state index is -5.57. The second-order valence-electron chi connectivity index (χ2n) is 10.8. The largest absolute Gasteiger partial charge is 0.481 e. The van der Waals surface area contributed by atoms with Crippen LogP contribution in [-0.4, -0.2) is 118 Å². The standard InChI is InChI=1S/C21H34N7O17P3S/c1-21(2,16(31)19(32)23-4-3-12(29)22-5-6-49)8-42-48(39,40)45-47(37,38)41-7-11-15(44-46(34,35)36)14(30)20(43-11)28-10-26-13-17(27-33)24-9-25-18(13)28/h9-11,14-16,20,30-31,49H,3-8H2,1-2H3,(H,22,29)(H,23,32)(H,37,38)(H,39,40)(H2,34,35,36)/t11-,14-,15-,16+,20-/m1/s1. The van der Waals surface area contributed by atoms with Gasteiger partial charge >= 0.3 is 23.5 Å². The van der Waals surface area contributed by atoms with Gasteiger partial charge in [0.05, 0.1) is 19.5 Å². The van der Waals surface area contributed by atoms with E-state index in [0.717, 1.165) is 17.2 Å². The fourth-order valence-electron chi connectivity index (χ4n) is 4.17. The highest BCUT2D eigenvalue weighted by Crippen LogP contribution is 2.61. The van der Waals surface area contributed by atoms with E-state index >= 15 is 0 Å². The Morgan fingerprint density at radius 1 is 1.10 bits per heavy atom. The Labute approximate surface area is 281 Å². The van der Waals surface area contributed by atoms with Crippen LogP contribution in [-0.2, 0) is 45.9 Å². The number of fused-ring (bicyclic) bond motifs is 1. The molecule has 2 amide bonds. The van der Waals surface area contributed by atoms with E-state index in [2.05, 4.69) is 56.7 Å². The van der Waals surface area contributed by atoms with Crippen LogP contribution in [0.15, 0.2) is 17.8 Å². The molecule has 2 aromatic heterocycles. The third-order valence-corrected chi connectivity index (χ3v) is 9.87. The maximum Gasteiger partial charge on any atom is 0.481 e. The molecule has 2 aromatic rings. The number of nitrogens with one attached hydrogen (secondary N) is 2. The molecule has 276 valence electrons. The van der Waals surface area contributed by atoms with Crippen LogP contribution in [0.1, 0.15) is 26.5 Å². The molecule has 0 bridgehead atoms. The molecule has 0 saturated carbocycles. The number of phosphoric ester groups is 3. The van der Waals surface area contributed by atoms with Crippen LogP contribution >= 0.6 is 36.1 Å². The van der Waals surface area contributed by atoms with E-state index < -0.39 is 78.6 Å². The molecule has 0 spiro atoms. The van der Waals surface area contributed by atoms with Crippen LogP contribution in [0.4, 0.5) is 5.82 Å².